The number of fused-ring (bicyclic) bond motifs is 1. The van der Waals surface area contributed by atoms with Crippen LogP contribution >= 0.6 is 23.2 Å². The van der Waals surface area contributed by atoms with E-state index in [1.807, 2.05) is 6.07 Å². The Kier molecular flexibility index (Phi) is 8.00. The van der Waals surface area contributed by atoms with Gasteiger partial charge in [0.05, 0.1) is 27.9 Å². The molecule has 4 rings (SSSR count). The number of anilines is 1. The van der Waals surface area contributed by atoms with Crippen LogP contribution in [0.25, 0.3) is 10.9 Å². The molecule has 0 bridgehead atoms. The number of hydrogen-bond donors (Lipinski definition) is 3. The highest BCUT2D eigenvalue weighted by molar-refractivity contribution is 6.32. The fraction of sp³-hybridized carbons (Fsp3) is 0.179. The van der Waals surface area contributed by atoms with Gasteiger partial charge in [0.2, 0.25) is 0 Å². The number of para-hydroxylation sites is 1. The van der Waals surface area contributed by atoms with E-state index in [0.717, 1.165) is 0 Å². The molecule has 0 radical (unpaired) electrons. The molecule has 1 heterocycles. The zero-order valence-corrected chi connectivity index (χ0v) is 22.6. The standard InChI is InChI=1S/C28H23Cl2FN4O4/c1-28(2,3)39-27(37)35-21-6-4-5-16-11-22(34-24(16)21)26(36)33-14-17-7-8-20(30)25(23(17)31)38-19-10-15(13-32)9-18(29)12-19/h4-12,34H,14H2,1-3H3,(H,33,36)(H,35,37). The summed E-state index contributed by atoms with van der Waals surface area (Å²) in [5, 5.41) is 15.4. The molecule has 200 valence electrons. The number of nitrogens with zero attached hydrogens (tertiary/aromatic N) is 1. The fourth-order valence-electron chi connectivity index (χ4n) is 3.67. The number of hydrogen-bond acceptors (Lipinski definition) is 5. The lowest BCUT2D eigenvalue weighted by Gasteiger charge is -2.19. The zero-order chi connectivity index (χ0) is 28.3. The third kappa shape index (κ3) is 6.79. The highest BCUT2D eigenvalue weighted by Crippen LogP contribution is 2.35. The van der Waals surface area contributed by atoms with Crippen LogP contribution in [0.2, 0.25) is 10.0 Å². The molecule has 0 aliphatic heterocycles. The van der Waals surface area contributed by atoms with Crippen molar-refractivity contribution in [1.29, 1.82) is 5.26 Å². The first kappa shape index (κ1) is 27.8. The summed E-state index contributed by atoms with van der Waals surface area (Å²) in [7, 11) is 0. The van der Waals surface area contributed by atoms with E-state index in [1.165, 1.54) is 30.3 Å². The van der Waals surface area contributed by atoms with Crippen molar-refractivity contribution in [1.82, 2.24) is 10.3 Å². The van der Waals surface area contributed by atoms with Gasteiger partial charge in [-0.3, -0.25) is 10.1 Å². The van der Waals surface area contributed by atoms with Gasteiger partial charge < -0.3 is 19.8 Å². The third-order valence-electron chi connectivity index (χ3n) is 5.33. The number of rotatable bonds is 6. The van der Waals surface area contributed by atoms with Crippen LogP contribution in [0.1, 0.15) is 42.4 Å². The minimum atomic E-state index is -0.776. The number of aromatic amines is 1. The van der Waals surface area contributed by atoms with Crippen LogP contribution in [-0.2, 0) is 11.3 Å². The maximum atomic E-state index is 15.3. The maximum Gasteiger partial charge on any atom is 0.412 e. The van der Waals surface area contributed by atoms with Gasteiger partial charge in [0.15, 0.2) is 11.6 Å². The van der Waals surface area contributed by atoms with E-state index in [0.29, 0.717) is 16.6 Å². The summed E-state index contributed by atoms with van der Waals surface area (Å²) in [6, 6.07) is 15.9. The normalized spacial score (nSPS) is 11.1. The molecule has 0 saturated carbocycles. The van der Waals surface area contributed by atoms with Crippen molar-refractivity contribution in [3.8, 4) is 17.6 Å². The number of benzene rings is 3. The van der Waals surface area contributed by atoms with E-state index in [9.17, 15) is 9.59 Å². The smallest absolute Gasteiger partial charge is 0.412 e. The summed E-state index contributed by atoms with van der Waals surface area (Å²) in [4.78, 5) is 28.1. The summed E-state index contributed by atoms with van der Waals surface area (Å²) in [5.41, 5.74) is 0.854. The molecule has 0 spiro atoms. The van der Waals surface area contributed by atoms with Gasteiger partial charge in [-0.1, -0.05) is 41.4 Å². The molecule has 0 saturated heterocycles. The molecule has 2 amide bonds. The van der Waals surface area contributed by atoms with E-state index in [2.05, 4.69) is 15.6 Å². The summed E-state index contributed by atoms with van der Waals surface area (Å²) in [6.45, 7) is 5.09. The van der Waals surface area contributed by atoms with Gasteiger partial charge in [-0.15, -0.1) is 0 Å². The first-order chi connectivity index (χ1) is 18.4. The van der Waals surface area contributed by atoms with E-state index in [1.54, 1.807) is 45.0 Å². The van der Waals surface area contributed by atoms with E-state index in [-0.39, 0.29) is 44.9 Å². The second-order valence-corrected chi connectivity index (χ2v) is 10.3. The molecule has 0 fully saturated rings. The van der Waals surface area contributed by atoms with Crippen LogP contribution in [-0.4, -0.2) is 22.6 Å². The Hall–Kier alpha value is -4.26. The SMILES string of the molecule is CC(C)(C)OC(=O)Nc1cccc2cc(C(=O)NCc3ccc(Cl)c(Oc4cc(Cl)cc(C#N)c4)c3F)[nH]c12. The van der Waals surface area contributed by atoms with Crippen LogP contribution in [0, 0.1) is 17.1 Å². The van der Waals surface area contributed by atoms with Crippen molar-refractivity contribution in [2.75, 3.05) is 5.32 Å². The van der Waals surface area contributed by atoms with Crippen molar-refractivity contribution in [2.24, 2.45) is 0 Å². The number of aromatic nitrogens is 1. The largest absolute Gasteiger partial charge is 0.453 e. The molecular weight excluding hydrogens is 546 g/mol. The van der Waals surface area contributed by atoms with Crippen molar-refractivity contribution in [3.05, 3.63) is 87.3 Å². The highest BCUT2D eigenvalue weighted by atomic mass is 35.5. The Morgan fingerprint density at radius 3 is 2.59 bits per heavy atom. The average molecular weight is 569 g/mol. The zero-order valence-electron chi connectivity index (χ0n) is 21.1. The second-order valence-electron chi connectivity index (χ2n) is 9.50. The first-order valence-corrected chi connectivity index (χ1v) is 12.4. The molecule has 3 aromatic carbocycles. The molecule has 39 heavy (non-hydrogen) atoms. The van der Waals surface area contributed by atoms with Gasteiger partial charge in [0.25, 0.3) is 5.91 Å². The molecule has 8 nitrogen and oxygen atoms in total. The fourth-order valence-corrected chi connectivity index (χ4v) is 4.08. The van der Waals surface area contributed by atoms with Crippen LogP contribution in [0.5, 0.6) is 11.5 Å². The number of carbonyl (C=O) groups excluding carboxylic acids is 2. The lowest BCUT2D eigenvalue weighted by atomic mass is 10.2. The number of amides is 2. The minimum Gasteiger partial charge on any atom is -0.453 e. The summed E-state index contributed by atoms with van der Waals surface area (Å²) in [5.74, 6) is -1.41. The monoisotopic (exact) mass is 568 g/mol. The molecule has 0 atom stereocenters. The number of ether oxygens (including phenoxy) is 2. The molecule has 11 heteroatoms. The van der Waals surface area contributed by atoms with Gasteiger partial charge in [-0.25, -0.2) is 9.18 Å². The average Bonchev–Trinajstić information content (AvgIpc) is 3.30. The molecule has 0 aliphatic carbocycles. The Morgan fingerprint density at radius 2 is 1.87 bits per heavy atom. The Bertz CT molecular complexity index is 1620. The van der Waals surface area contributed by atoms with Gasteiger partial charge in [0.1, 0.15) is 17.0 Å². The Balaban J connectivity index is 1.50. The van der Waals surface area contributed by atoms with E-state index >= 15 is 4.39 Å². The minimum absolute atomic E-state index is 0.00157. The lowest BCUT2D eigenvalue weighted by Crippen LogP contribution is -2.27. The highest BCUT2D eigenvalue weighted by Gasteiger charge is 2.19. The van der Waals surface area contributed by atoms with Crippen LogP contribution in [0.3, 0.4) is 0 Å². The number of halogens is 3. The van der Waals surface area contributed by atoms with Gasteiger partial charge in [-0.2, -0.15) is 5.26 Å². The summed E-state index contributed by atoms with van der Waals surface area (Å²) in [6.07, 6.45) is -0.631. The first-order valence-electron chi connectivity index (χ1n) is 11.7. The topological polar surface area (TPSA) is 116 Å². The molecule has 3 N–H and O–H groups in total. The second kappa shape index (κ2) is 11.2. The Labute approximate surface area is 233 Å². The van der Waals surface area contributed by atoms with Gasteiger partial charge in [-0.05, 0) is 57.2 Å². The molecule has 0 aliphatic rings. The quantitative estimate of drug-likeness (QED) is 0.222. The number of nitriles is 1. The number of nitrogens with one attached hydrogen (secondary N) is 3. The number of carbonyl (C=O) groups is 2. The van der Waals surface area contributed by atoms with Crippen LogP contribution < -0.4 is 15.4 Å². The molecular formula is C28H23Cl2FN4O4. The predicted molar refractivity (Wildman–Crippen MR) is 147 cm³/mol. The van der Waals surface area contributed by atoms with Gasteiger partial charge in [0, 0.05) is 22.5 Å². The maximum absolute atomic E-state index is 15.3. The van der Waals surface area contributed by atoms with E-state index < -0.39 is 23.4 Å². The third-order valence-corrected chi connectivity index (χ3v) is 5.84. The number of H-pyrrole nitrogens is 1. The van der Waals surface area contributed by atoms with Gasteiger partial charge >= 0.3 is 6.09 Å². The summed E-state index contributed by atoms with van der Waals surface area (Å²) >= 11 is 12.2. The lowest BCUT2D eigenvalue weighted by molar-refractivity contribution is 0.0636. The Morgan fingerprint density at radius 1 is 1.10 bits per heavy atom. The predicted octanol–water partition coefficient (Wildman–Crippen LogP) is 7.55. The van der Waals surface area contributed by atoms with Crippen LogP contribution in [0.15, 0.2) is 54.6 Å². The van der Waals surface area contributed by atoms with Crippen LogP contribution in [0.4, 0.5) is 14.9 Å². The van der Waals surface area contributed by atoms with Crippen molar-refractivity contribution < 1.29 is 23.5 Å². The van der Waals surface area contributed by atoms with E-state index in [4.69, 9.17) is 37.9 Å². The molecule has 0 unspecified atom stereocenters. The summed E-state index contributed by atoms with van der Waals surface area (Å²) < 4.78 is 26.2. The molecule has 1 aromatic heterocycles. The van der Waals surface area contributed by atoms with Crippen molar-refractivity contribution in [3.63, 3.8) is 0 Å². The van der Waals surface area contributed by atoms with Crippen molar-refractivity contribution in [2.45, 2.75) is 32.9 Å². The molecule has 4 aromatic rings. The van der Waals surface area contributed by atoms with Crippen molar-refractivity contribution >= 4 is 51.8 Å².